The zero-order valence-corrected chi connectivity index (χ0v) is 17.4. The molecule has 0 spiro atoms. The summed E-state index contributed by atoms with van der Waals surface area (Å²) in [5, 5.41) is 2.98. The molecular formula is C21H25F4N5O. The minimum atomic E-state index is -2.73. The van der Waals surface area contributed by atoms with Gasteiger partial charge in [0.25, 0.3) is 12.3 Å². The summed E-state index contributed by atoms with van der Waals surface area (Å²) in [6, 6.07) is 2.17. The number of piperidine rings is 1. The van der Waals surface area contributed by atoms with Crippen LogP contribution in [0.5, 0.6) is 0 Å². The number of nitrogens with zero attached hydrogens (tertiary/aromatic N) is 4. The number of halogens is 4. The molecule has 0 bridgehead atoms. The van der Waals surface area contributed by atoms with Gasteiger partial charge in [-0.3, -0.25) is 19.7 Å². The largest absolute Gasteiger partial charge is 0.367 e. The van der Waals surface area contributed by atoms with Crippen molar-refractivity contribution < 1.29 is 22.4 Å². The van der Waals surface area contributed by atoms with Crippen molar-refractivity contribution in [1.29, 1.82) is 0 Å². The summed E-state index contributed by atoms with van der Waals surface area (Å²) >= 11 is 0. The molecule has 31 heavy (non-hydrogen) atoms. The highest BCUT2D eigenvalue weighted by Gasteiger charge is 2.47. The highest BCUT2D eigenvalue weighted by Crippen LogP contribution is 2.34. The van der Waals surface area contributed by atoms with Gasteiger partial charge in [-0.2, -0.15) is 0 Å². The van der Waals surface area contributed by atoms with Gasteiger partial charge < -0.3 is 10.2 Å². The minimum Gasteiger partial charge on any atom is -0.367 e. The van der Waals surface area contributed by atoms with Crippen LogP contribution in [0.1, 0.15) is 32.3 Å². The SMILES string of the molecule is CC(C(=O)N[C@@H]1C[C@H](C)CN(c2ccc(C(F)F)c3nccnc23)C1)N1CC(F)(F)C1. The van der Waals surface area contributed by atoms with Crippen molar-refractivity contribution in [1.82, 2.24) is 20.2 Å². The Labute approximate surface area is 177 Å². The molecule has 1 N–H and O–H groups in total. The number of nitrogens with one attached hydrogen (secondary N) is 1. The van der Waals surface area contributed by atoms with E-state index in [1.165, 1.54) is 23.4 Å². The Morgan fingerprint density at radius 2 is 1.84 bits per heavy atom. The molecule has 0 radical (unpaired) electrons. The number of alkyl halides is 4. The number of hydrogen-bond donors (Lipinski definition) is 1. The monoisotopic (exact) mass is 439 g/mol. The predicted octanol–water partition coefficient (Wildman–Crippen LogP) is 3.24. The number of anilines is 1. The minimum absolute atomic E-state index is 0.165. The highest BCUT2D eigenvalue weighted by molar-refractivity contribution is 5.90. The van der Waals surface area contributed by atoms with Crippen molar-refractivity contribution in [3.63, 3.8) is 0 Å². The van der Waals surface area contributed by atoms with E-state index >= 15 is 0 Å². The zero-order valence-electron chi connectivity index (χ0n) is 17.4. The summed E-state index contributed by atoms with van der Waals surface area (Å²) in [6.45, 7) is 4.01. The van der Waals surface area contributed by atoms with E-state index in [9.17, 15) is 22.4 Å². The highest BCUT2D eigenvalue weighted by atomic mass is 19.3. The maximum absolute atomic E-state index is 13.4. The standard InChI is InChI=1S/C21H25F4N5O/c1-12-7-14(28-20(31)13(2)30-10-21(24,25)11-30)9-29(8-12)16-4-3-15(19(22)23)17-18(16)27-6-5-26-17/h3-6,12-14,19H,7-11H2,1-2H3,(H,28,31)/t12-,13?,14+/m0/s1. The molecule has 2 aromatic rings. The number of fused-ring (bicyclic) bond motifs is 1. The number of carbonyl (C=O) groups excluding carboxylic acids is 1. The summed E-state index contributed by atoms with van der Waals surface area (Å²) in [7, 11) is 0. The molecule has 4 rings (SSSR count). The first-order valence-corrected chi connectivity index (χ1v) is 10.3. The van der Waals surface area contributed by atoms with Crippen LogP contribution in [0.15, 0.2) is 24.5 Å². The average molecular weight is 439 g/mol. The van der Waals surface area contributed by atoms with Crippen molar-refractivity contribution in [2.45, 2.75) is 44.7 Å². The van der Waals surface area contributed by atoms with Crippen LogP contribution in [0, 0.1) is 5.92 Å². The fraction of sp³-hybridized carbons (Fsp3) is 0.571. The molecule has 1 aromatic heterocycles. The van der Waals surface area contributed by atoms with Crippen LogP contribution >= 0.6 is 0 Å². The van der Waals surface area contributed by atoms with Gasteiger partial charge in [0.05, 0.1) is 30.3 Å². The Bertz CT molecular complexity index is 964. The number of benzene rings is 1. The van der Waals surface area contributed by atoms with Gasteiger partial charge in [0, 0.05) is 37.1 Å². The Morgan fingerprint density at radius 1 is 1.16 bits per heavy atom. The van der Waals surface area contributed by atoms with E-state index in [0.717, 1.165) is 6.42 Å². The first kappa shape index (κ1) is 21.7. The molecular weight excluding hydrogens is 414 g/mol. The van der Waals surface area contributed by atoms with E-state index in [4.69, 9.17) is 0 Å². The first-order chi connectivity index (χ1) is 14.6. The lowest BCUT2D eigenvalue weighted by Gasteiger charge is -2.43. The molecule has 2 aliphatic heterocycles. The molecule has 1 unspecified atom stereocenters. The first-order valence-electron chi connectivity index (χ1n) is 10.3. The number of carbonyl (C=O) groups is 1. The van der Waals surface area contributed by atoms with Crippen LogP contribution in [-0.2, 0) is 4.79 Å². The zero-order chi connectivity index (χ0) is 22.3. The Balaban J connectivity index is 1.51. The molecule has 0 aliphatic carbocycles. The van der Waals surface area contributed by atoms with Crippen molar-refractivity contribution in [3.05, 3.63) is 30.1 Å². The summed E-state index contributed by atoms with van der Waals surface area (Å²) < 4.78 is 53.0. The normalized spacial score (nSPS) is 24.8. The summed E-state index contributed by atoms with van der Waals surface area (Å²) in [5.74, 6) is -2.78. The van der Waals surface area contributed by atoms with Gasteiger partial charge in [0.15, 0.2) is 0 Å². The average Bonchev–Trinajstić information content (AvgIpc) is 2.69. The number of aromatic nitrogens is 2. The molecule has 1 aromatic carbocycles. The molecule has 3 atom stereocenters. The van der Waals surface area contributed by atoms with Crippen LogP contribution in [-0.4, -0.2) is 65.0 Å². The van der Waals surface area contributed by atoms with E-state index < -0.39 is 31.5 Å². The lowest BCUT2D eigenvalue weighted by atomic mass is 9.94. The van der Waals surface area contributed by atoms with E-state index in [1.807, 2.05) is 11.8 Å². The van der Waals surface area contributed by atoms with Gasteiger partial charge in [-0.1, -0.05) is 6.92 Å². The molecule has 2 saturated heterocycles. The van der Waals surface area contributed by atoms with Gasteiger partial charge in [0.2, 0.25) is 5.91 Å². The quantitative estimate of drug-likeness (QED) is 0.725. The number of hydrogen-bond acceptors (Lipinski definition) is 5. The molecule has 1 amide bonds. The second-order valence-corrected chi connectivity index (χ2v) is 8.62. The van der Waals surface area contributed by atoms with E-state index in [1.54, 1.807) is 13.0 Å². The van der Waals surface area contributed by atoms with Crippen LogP contribution in [0.4, 0.5) is 23.2 Å². The van der Waals surface area contributed by atoms with E-state index in [0.29, 0.717) is 24.3 Å². The van der Waals surface area contributed by atoms with Crippen LogP contribution in [0.3, 0.4) is 0 Å². The molecule has 2 fully saturated rings. The molecule has 168 valence electrons. The third-order valence-electron chi connectivity index (χ3n) is 6.01. The Kier molecular flexibility index (Phi) is 5.76. The summed E-state index contributed by atoms with van der Waals surface area (Å²) in [5.41, 5.74) is 1.09. The maximum atomic E-state index is 13.4. The Morgan fingerprint density at radius 3 is 2.48 bits per heavy atom. The molecule has 0 saturated carbocycles. The topological polar surface area (TPSA) is 61.4 Å². The number of likely N-dealkylation sites (tertiary alicyclic amines) is 1. The predicted molar refractivity (Wildman–Crippen MR) is 108 cm³/mol. The third kappa shape index (κ3) is 4.44. The molecule has 2 aliphatic rings. The fourth-order valence-corrected chi connectivity index (χ4v) is 4.46. The van der Waals surface area contributed by atoms with Gasteiger partial charge in [-0.25, -0.2) is 17.6 Å². The van der Waals surface area contributed by atoms with Crippen molar-refractivity contribution in [2.75, 3.05) is 31.1 Å². The van der Waals surface area contributed by atoms with E-state index in [2.05, 4.69) is 15.3 Å². The molecule has 3 heterocycles. The van der Waals surface area contributed by atoms with Crippen molar-refractivity contribution in [2.24, 2.45) is 5.92 Å². The summed E-state index contributed by atoms with van der Waals surface area (Å²) in [6.07, 6.45) is 0.943. The Hall–Kier alpha value is -2.49. The molecule has 6 nitrogen and oxygen atoms in total. The van der Waals surface area contributed by atoms with Gasteiger partial charge >= 0.3 is 0 Å². The fourth-order valence-electron chi connectivity index (χ4n) is 4.46. The number of amides is 1. The van der Waals surface area contributed by atoms with Gasteiger partial charge in [-0.15, -0.1) is 0 Å². The van der Waals surface area contributed by atoms with Gasteiger partial charge in [-0.05, 0) is 31.4 Å². The smallest absolute Gasteiger partial charge is 0.272 e. The van der Waals surface area contributed by atoms with Crippen LogP contribution in [0.2, 0.25) is 0 Å². The second-order valence-electron chi connectivity index (χ2n) is 8.62. The number of rotatable bonds is 5. The second kappa shape index (κ2) is 8.22. The van der Waals surface area contributed by atoms with Crippen molar-refractivity contribution >= 4 is 22.6 Å². The van der Waals surface area contributed by atoms with E-state index in [-0.39, 0.29) is 28.9 Å². The third-order valence-corrected chi connectivity index (χ3v) is 6.01. The lowest BCUT2D eigenvalue weighted by molar-refractivity contribution is -0.156. The van der Waals surface area contributed by atoms with Crippen molar-refractivity contribution in [3.8, 4) is 0 Å². The van der Waals surface area contributed by atoms with Gasteiger partial charge in [0.1, 0.15) is 5.52 Å². The molecule has 10 heteroatoms. The lowest BCUT2D eigenvalue weighted by Crippen LogP contribution is -2.63. The van der Waals surface area contributed by atoms with Crippen LogP contribution < -0.4 is 10.2 Å². The summed E-state index contributed by atoms with van der Waals surface area (Å²) in [4.78, 5) is 24.5. The van der Waals surface area contributed by atoms with Crippen LogP contribution in [0.25, 0.3) is 11.0 Å². The maximum Gasteiger partial charge on any atom is 0.272 e.